The Kier molecular flexibility index (Phi) is 3.26. The van der Waals surface area contributed by atoms with E-state index in [1.807, 2.05) is 0 Å². The first-order valence-electron chi connectivity index (χ1n) is 4.23. The lowest BCUT2D eigenvalue weighted by atomic mass is 10.1. The Bertz CT molecular complexity index is 234. The minimum Gasteiger partial charge on any atom is -0.469 e. The Balaban J connectivity index is 2.59. The lowest BCUT2D eigenvalue weighted by Gasteiger charge is -2.09. The van der Waals surface area contributed by atoms with Crippen molar-refractivity contribution < 1.29 is 14.3 Å². The summed E-state index contributed by atoms with van der Waals surface area (Å²) >= 11 is 0. The summed E-state index contributed by atoms with van der Waals surface area (Å²) in [4.78, 5) is 11.1. The number of hydrogen-bond acceptors (Lipinski definition) is 4. The van der Waals surface area contributed by atoms with Gasteiger partial charge in [0.25, 0.3) is 0 Å². The van der Waals surface area contributed by atoms with Crippen LogP contribution < -0.4 is 0 Å². The van der Waals surface area contributed by atoms with Crippen molar-refractivity contribution in [3.05, 3.63) is 0 Å². The molecule has 0 aliphatic heterocycles. The predicted octanol–water partition coefficient (Wildman–Crippen LogP) is 0.724. The van der Waals surface area contributed by atoms with Gasteiger partial charge < -0.3 is 9.47 Å². The van der Waals surface area contributed by atoms with Crippen LogP contribution in [-0.2, 0) is 14.3 Å². The van der Waals surface area contributed by atoms with Crippen molar-refractivity contribution in [2.75, 3.05) is 14.2 Å². The zero-order chi connectivity index (χ0) is 9.84. The Morgan fingerprint density at radius 3 is 2.54 bits per heavy atom. The lowest BCUT2D eigenvalue weighted by molar-refractivity contribution is -0.145. The van der Waals surface area contributed by atoms with Gasteiger partial charge in [-0.1, -0.05) is 0 Å². The Morgan fingerprint density at radius 2 is 2.15 bits per heavy atom. The molecule has 1 aliphatic rings. The molecule has 0 amide bonds. The van der Waals surface area contributed by atoms with E-state index >= 15 is 0 Å². The quantitative estimate of drug-likeness (QED) is 0.592. The Hall–Kier alpha value is -1.08. The third-order valence-corrected chi connectivity index (χ3v) is 2.51. The van der Waals surface area contributed by atoms with Crippen LogP contribution >= 0.6 is 0 Å². The van der Waals surface area contributed by atoms with Crippen LogP contribution in [0.5, 0.6) is 0 Å². The summed E-state index contributed by atoms with van der Waals surface area (Å²) in [6.45, 7) is 0. The predicted molar refractivity (Wildman–Crippen MR) is 44.6 cm³/mol. The van der Waals surface area contributed by atoms with E-state index in [-0.39, 0.29) is 23.9 Å². The van der Waals surface area contributed by atoms with Gasteiger partial charge in [-0.3, -0.25) is 4.79 Å². The number of nitriles is 1. The molecule has 0 unspecified atom stereocenters. The molecule has 1 aliphatic carbocycles. The maximum absolute atomic E-state index is 11.1. The van der Waals surface area contributed by atoms with Crippen LogP contribution in [0.25, 0.3) is 0 Å². The van der Waals surface area contributed by atoms with E-state index in [2.05, 4.69) is 10.8 Å². The number of hydrogen-bond donors (Lipinski definition) is 0. The molecule has 1 saturated carbocycles. The van der Waals surface area contributed by atoms with Gasteiger partial charge in [0.2, 0.25) is 0 Å². The van der Waals surface area contributed by atoms with Crippen molar-refractivity contribution in [2.45, 2.75) is 18.9 Å². The Labute approximate surface area is 77.4 Å². The van der Waals surface area contributed by atoms with E-state index < -0.39 is 0 Å². The van der Waals surface area contributed by atoms with E-state index in [0.717, 1.165) is 0 Å². The van der Waals surface area contributed by atoms with Crippen LogP contribution in [0.4, 0.5) is 0 Å². The molecule has 1 fully saturated rings. The summed E-state index contributed by atoms with van der Waals surface area (Å²) < 4.78 is 9.73. The molecular weight excluding hydrogens is 170 g/mol. The zero-order valence-corrected chi connectivity index (χ0v) is 7.82. The highest BCUT2D eigenvalue weighted by Gasteiger charge is 2.38. The minimum absolute atomic E-state index is 0.117. The molecular formula is C9H13NO3. The average Bonchev–Trinajstić information content (AvgIpc) is 2.59. The number of carbonyl (C=O) groups excluding carboxylic acids is 1. The van der Waals surface area contributed by atoms with Gasteiger partial charge in [-0.2, -0.15) is 5.26 Å². The number of carbonyl (C=O) groups is 1. The highest BCUT2D eigenvalue weighted by Crippen LogP contribution is 2.33. The molecule has 13 heavy (non-hydrogen) atoms. The smallest absolute Gasteiger partial charge is 0.308 e. The van der Waals surface area contributed by atoms with Crippen LogP contribution in [0.1, 0.15) is 12.8 Å². The van der Waals surface area contributed by atoms with E-state index in [1.54, 1.807) is 7.11 Å². The normalized spacial score (nSPS) is 32.5. The first kappa shape index (κ1) is 10.0. The fourth-order valence-electron chi connectivity index (χ4n) is 1.75. The van der Waals surface area contributed by atoms with E-state index in [0.29, 0.717) is 12.8 Å². The molecule has 0 aromatic rings. The van der Waals surface area contributed by atoms with Gasteiger partial charge in [0.1, 0.15) is 0 Å². The summed E-state index contributed by atoms with van der Waals surface area (Å²) in [5.74, 6) is -0.575. The maximum Gasteiger partial charge on any atom is 0.308 e. The minimum atomic E-state index is -0.236. The summed E-state index contributed by atoms with van der Waals surface area (Å²) in [7, 11) is 2.93. The lowest BCUT2D eigenvalue weighted by Crippen LogP contribution is -2.15. The number of methoxy groups -OCH3 is 2. The standard InChI is InChI=1S/C9H13NO3/c1-12-8-4-6(9(11)13-2)3-7(8)5-10/h6-8H,3-4H2,1-2H3/t6-,7+,8-/m0/s1. The van der Waals surface area contributed by atoms with Crippen molar-refractivity contribution in [3.8, 4) is 6.07 Å². The topological polar surface area (TPSA) is 59.3 Å². The first-order chi connectivity index (χ1) is 6.22. The summed E-state index contributed by atoms with van der Waals surface area (Å²) in [5.41, 5.74) is 0. The molecule has 4 heteroatoms. The highest BCUT2D eigenvalue weighted by molar-refractivity contribution is 5.72. The van der Waals surface area contributed by atoms with Gasteiger partial charge in [0.15, 0.2) is 0 Å². The number of esters is 1. The third-order valence-electron chi connectivity index (χ3n) is 2.51. The number of nitrogens with zero attached hydrogens (tertiary/aromatic N) is 1. The first-order valence-corrected chi connectivity index (χ1v) is 4.23. The van der Waals surface area contributed by atoms with E-state index in [1.165, 1.54) is 7.11 Å². The molecule has 4 nitrogen and oxygen atoms in total. The highest BCUT2D eigenvalue weighted by atomic mass is 16.5. The molecule has 72 valence electrons. The number of rotatable bonds is 2. The number of ether oxygens (including phenoxy) is 2. The SMILES string of the molecule is COC(=O)[C@@H]1C[C@H](OC)[C@@H](C#N)C1. The molecule has 0 aromatic carbocycles. The van der Waals surface area contributed by atoms with Gasteiger partial charge in [0, 0.05) is 7.11 Å². The van der Waals surface area contributed by atoms with Crippen molar-refractivity contribution in [3.63, 3.8) is 0 Å². The van der Waals surface area contributed by atoms with Gasteiger partial charge in [-0.15, -0.1) is 0 Å². The van der Waals surface area contributed by atoms with Crippen molar-refractivity contribution >= 4 is 5.97 Å². The van der Waals surface area contributed by atoms with Crippen molar-refractivity contribution in [2.24, 2.45) is 11.8 Å². The molecule has 3 atom stereocenters. The molecule has 0 radical (unpaired) electrons. The van der Waals surface area contributed by atoms with E-state index in [9.17, 15) is 4.79 Å². The largest absolute Gasteiger partial charge is 0.469 e. The van der Waals surface area contributed by atoms with Crippen LogP contribution in [0.2, 0.25) is 0 Å². The average molecular weight is 183 g/mol. The Morgan fingerprint density at radius 1 is 1.46 bits per heavy atom. The summed E-state index contributed by atoms with van der Waals surface area (Å²) in [6.07, 6.45) is 1.04. The fourth-order valence-corrected chi connectivity index (χ4v) is 1.75. The van der Waals surface area contributed by atoms with Crippen LogP contribution in [-0.4, -0.2) is 26.3 Å². The molecule has 0 aromatic heterocycles. The van der Waals surface area contributed by atoms with Crippen LogP contribution in [0.15, 0.2) is 0 Å². The third kappa shape index (κ3) is 1.99. The van der Waals surface area contributed by atoms with Crippen molar-refractivity contribution in [1.82, 2.24) is 0 Å². The van der Waals surface area contributed by atoms with Crippen LogP contribution in [0.3, 0.4) is 0 Å². The molecule has 0 bridgehead atoms. The summed E-state index contributed by atoms with van der Waals surface area (Å²) in [5, 5.41) is 8.76. The molecule has 1 rings (SSSR count). The van der Waals surface area contributed by atoms with Crippen molar-refractivity contribution in [1.29, 1.82) is 5.26 Å². The second-order valence-corrected chi connectivity index (χ2v) is 3.20. The molecule has 0 heterocycles. The van der Waals surface area contributed by atoms with Gasteiger partial charge in [-0.05, 0) is 12.8 Å². The van der Waals surface area contributed by atoms with E-state index in [4.69, 9.17) is 10.00 Å². The second kappa shape index (κ2) is 4.24. The van der Waals surface area contributed by atoms with Gasteiger partial charge in [0.05, 0.1) is 31.1 Å². The fraction of sp³-hybridized carbons (Fsp3) is 0.778. The molecule has 0 N–H and O–H groups in total. The monoisotopic (exact) mass is 183 g/mol. The van der Waals surface area contributed by atoms with Gasteiger partial charge >= 0.3 is 5.97 Å². The van der Waals surface area contributed by atoms with Crippen LogP contribution in [0, 0.1) is 23.2 Å². The van der Waals surface area contributed by atoms with Gasteiger partial charge in [-0.25, -0.2) is 0 Å². The second-order valence-electron chi connectivity index (χ2n) is 3.20. The summed E-state index contributed by atoms with van der Waals surface area (Å²) in [6, 6.07) is 2.14. The molecule has 0 spiro atoms. The zero-order valence-electron chi connectivity index (χ0n) is 7.82. The molecule has 0 saturated heterocycles. The maximum atomic E-state index is 11.1.